The molecule has 0 spiro atoms. The first-order chi connectivity index (χ1) is 6.29. The smallest absolute Gasteiger partial charge is 0.545 e. The van der Waals surface area contributed by atoms with Crippen LogP contribution in [0.4, 0.5) is 0 Å². The molecule has 1 aromatic carbocycles. The number of rotatable bonds is 1. The van der Waals surface area contributed by atoms with E-state index in [-0.39, 0.29) is 56.9 Å². The molecule has 0 saturated carbocycles. The molecule has 0 unspecified atom stereocenters. The van der Waals surface area contributed by atoms with Crippen LogP contribution in [0, 0.1) is 0 Å². The molecule has 64 valence electrons. The fourth-order valence-corrected chi connectivity index (χ4v) is 1.17. The van der Waals surface area contributed by atoms with Crippen LogP contribution in [0.2, 0.25) is 0 Å². The predicted molar refractivity (Wildman–Crippen MR) is 43.9 cm³/mol. The van der Waals surface area contributed by atoms with Gasteiger partial charge in [0.2, 0.25) is 0 Å². The van der Waals surface area contributed by atoms with Crippen LogP contribution >= 0.6 is 0 Å². The third-order valence-electron chi connectivity index (χ3n) is 1.77. The van der Waals surface area contributed by atoms with Gasteiger partial charge in [0.25, 0.3) is 0 Å². The Morgan fingerprint density at radius 1 is 1.29 bits per heavy atom. The van der Waals surface area contributed by atoms with Gasteiger partial charge >= 0.3 is 51.4 Å². The van der Waals surface area contributed by atoms with Gasteiger partial charge in [0.1, 0.15) is 0 Å². The van der Waals surface area contributed by atoms with Gasteiger partial charge in [-0.05, 0) is 6.07 Å². The summed E-state index contributed by atoms with van der Waals surface area (Å²) in [4.78, 5) is 10.6. The van der Waals surface area contributed by atoms with Crippen molar-refractivity contribution in [3.63, 3.8) is 0 Å². The second kappa shape index (κ2) is 4.95. The Hall–Kier alpha value is -0.334. The Kier molecular flexibility index (Phi) is 4.15. The summed E-state index contributed by atoms with van der Waals surface area (Å²) in [5.41, 5.74) is 0.634. The first kappa shape index (κ1) is 11.7. The van der Waals surface area contributed by atoms with Gasteiger partial charge in [-0.15, -0.1) is 0 Å². The Bertz CT molecular complexity index is 468. The number of hydrogen-bond donors (Lipinski definition) is 0. The minimum atomic E-state index is -1.23. The van der Waals surface area contributed by atoms with Crippen molar-refractivity contribution in [3.05, 3.63) is 36.0 Å². The van der Waals surface area contributed by atoms with Crippen LogP contribution in [0.5, 0.6) is 0 Å². The SMILES string of the molecule is O=C([O-])c1cnnc2ccccc12.[K+]. The fourth-order valence-electron chi connectivity index (χ4n) is 1.17. The fraction of sp³-hybridized carbons (Fsp3) is 0. The van der Waals surface area contributed by atoms with Crippen LogP contribution in [-0.4, -0.2) is 16.2 Å². The van der Waals surface area contributed by atoms with Crippen molar-refractivity contribution < 1.29 is 61.3 Å². The number of carbonyl (C=O) groups excluding carboxylic acids is 1. The maximum atomic E-state index is 10.6. The van der Waals surface area contributed by atoms with E-state index in [1.54, 1.807) is 24.3 Å². The molecule has 0 amide bonds. The number of aromatic carboxylic acids is 1. The maximum absolute atomic E-state index is 10.6. The number of benzene rings is 1. The van der Waals surface area contributed by atoms with E-state index in [2.05, 4.69) is 10.2 Å². The van der Waals surface area contributed by atoms with E-state index in [1.807, 2.05) is 0 Å². The van der Waals surface area contributed by atoms with Gasteiger partial charge in [0.15, 0.2) is 0 Å². The Morgan fingerprint density at radius 3 is 2.71 bits per heavy atom. The number of carbonyl (C=O) groups is 1. The largest absolute Gasteiger partial charge is 1.00 e. The maximum Gasteiger partial charge on any atom is 1.00 e. The third kappa shape index (κ3) is 2.18. The molecule has 0 N–H and O–H groups in total. The molecule has 0 radical (unpaired) electrons. The molecular weight excluding hydrogens is 207 g/mol. The van der Waals surface area contributed by atoms with Gasteiger partial charge in [-0.2, -0.15) is 10.2 Å². The molecule has 4 nitrogen and oxygen atoms in total. The average molecular weight is 212 g/mol. The molecule has 0 saturated heterocycles. The number of carboxylic acid groups (broad SMARTS) is 1. The van der Waals surface area contributed by atoms with Gasteiger partial charge in [-0.25, -0.2) is 0 Å². The first-order valence-corrected chi connectivity index (χ1v) is 3.71. The minimum absolute atomic E-state index is 0. The van der Waals surface area contributed by atoms with Crippen LogP contribution in [0.15, 0.2) is 30.5 Å². The Balaban J connectivity index is 0.000000980. The van der Waals surface area contributed by atoms with Crippen molar-refractivity contribution in [3.8, 4) is 0 Å². The van der Waals surface area contributed by atoms with Crippen molar-refractivity contribution in [2.24, 2.45) is 0 Å². The molecule has 0 aliphatic rings. The van der Waals surface area contributed by atoms with E-state index in [0.717, 1.165) is 0 Å². The molecule has 0 aliphatic heterocycles. The summed E-state index contributed by atoms with van der Waals surface area (Å²) >= 11 is 0. The van der Waals surface area contributed by atoms with Gasteiger partial charge in [-0.1, -0.05) is 18.2 Å². The zero-order valence-electron chi connectivity index (χ0n) is 7.60. The van der Waals surface area contributed by atoms with Crippen LogP contribution in [0.3, 0.4) is 0 Å². The monoisotopic (exact) mass is 212 g/mol. The van der Waals surface area contributed by atoms with Gasteiger partial charge in [-0.3, -0.25) is 0 Å². The molecule has 0 fully saturated rings. The van der Waals surface area contributed by atoms with Crippen LogP contribution < -0.4 is 56.5 Å². The topological polar surface area (TPSA) is 65.9 Å². The quantitative estimate of drug-likeness (QED) is 0.472. The summed E-state index contributed by atoms with van der Waals surface area (Å²) in [6, 6.07) is 6.90. The van der Waals surface area contributed by atoms with Crippen LogP contribution in [0.1, 0.15) is 10.4 Å². The summed E-state index contributed by atoms with van der Waals surface area (Å²) in [5.74, 6) is -1.23. The van der Waals surface area contributed by atoms with Crippen molar-refractivity contribution in [1.82, 2.24) is 10.2 Å². The number of aromatic nitrogens is 2. The zero-order chi connectivity index (χ0) is 9.26. The van der Waals surface area contributed by atoms with Gasteiger partial charge in [0.05, 0.1) is 17.7 Å². The van der Waals surface area contributed by atoms with E-state index in [0.29, 0.717) is 10.9 Å². The summed E-state index contributed by atoms with van der Waals surface area (Å²) in [6.07, 6.45) is 1.19. The molecule has 0 atom stereocenters. The minimum Gasteiger partial charge on any atom is -0.545 e. The number of fused-ring (bicyclic) bond motifs is 1. The average Bonchev–Trinajstić information content (AvgIpc) is 2.17. The molecule has 0 aliphatic carbocycles. The van der Waals surface area contributed by atoms with Crippen LogP contribution in [-0.2, 0) is 0 Å². The second-order valence-electron chi connectivity index (χ2n) is 2.56. The third-order valence-corrected chi connectivity index (χ3v) is 1.77. The van der Waals surface area contributed by atoms with Gasteiger partial charge < -0.3 is 9.90 Å². The van der Waals surface area contributed by atoms with E-state index in [9.17, 15) is 9.90 Å². The normalized spacial score (nSPS) is 9.43. The number of hydrogen-bond acceptors (Lipinski definition) is 4. The summed E-state index contributed by atoms with van der Waals surface area (Å²) in [5, 5.41) is 18.5. The van der Waals surface area contributed by atoms with Gasteiger partial charge in [0, 0.05) is 10.9 Å². The van der Waals surface area contributed by atoms with Crippen molar-refractivity contribution in [2.45, 2.75) is 0 Å². The number of carboxylic acids is 1. The van der Waals surface area contributed by atoms with Crippen LogP contribution in [0.25, 0.3) is 10.9 Å². The molecule has 2 aromatic rings. The molecule has 5 heteroatoms. The first-order valence-electron chi connectivity index (χ1n) is 3.71. The number of nitrogens with zero attached hydrogens (tertiary/aromatic N) is 2. The zero-order valence-corrected chi connectivity index (χ0v) is 10.7. The van der Waals surface area contributed by atoms with E-state index in [4.69, 9.17) is 0 Å². The van der Waals surface area contributed by atoms with Crippen molar-refractivity contribution in [1.29, 1.82) is 0 Å². The molecule has 2 rings (SSSR count). The molecule has 1 aromatic heterocycles. The Morgan fingerprint density at radius 2 is 2.00 bits per heavy atom. The second-order valence-corrected chi connectivity index (χ2v) is 2.56. The van der Waals surface area contributed by atoms with E-state index >= 15 is 0 Å². The Labute approximate surface area is 123 Å². The predicted octanol–water partition coefficient (Wildman–Crippen LogP) is -3.00. The van der Waals surface area contributed by atoms with E-state index < -0.39 is 5.97 Å². The summed E-state index contributed by atoms with van der Waals surface area (Å²) in [7, 11) is 0. The molecule has 0 bridgehead atoms. The molecule has 1 heterocycles. The summed E-state index contributed by atoms with van der Waals surface area (Å²) < 4.78 is 0. The standard InChI is InChI=1S/C9H6N2O2.K/c12-9(13)7-5-10-11-8-4-2-1-3-6(7)8;/h1-5H,(H,12,13);/q;+1/p-1. The van der Waals surface area contributed by atoms with E-state index in [1.165, 1.54) is 6.20 Å². The summed E-state index contributed by atoms with van der Waals surface area (Å²) in [6.45, 7) is 0. The van der Waals surface area contributed by atoms with Crippen molar-refractivity contribution >= 4 is 16.9 Å². The molecule has 14 heavy (non-hydrogen) atoms. The van der Waals surface area contributed by atoms with Crippen molar-refractivity contribution in [2.75, 3.05) is 0 Å². The molecular formula is C9H5KN2O2.